The SMILES string of the molecule is CC(C)O[C@@H]1CC[C@@]2(C)[C@@H](CC[C@@H]3[C@@H]2CC[C@]2(C)[C@@H](c4ccc5ccncc5c4)CC[C@@H]32)C1. The first-order valence-electron chi connectivity index (χ1n) is 13.9. The van der Waals surface area contributed by atoms with E-state index in [1.54, 1.807) is 5.56 Å². The lowest BCUT2D eigenvalue weighted by molar-refractivity contribution is -0.137. The number of fused-ring (bicyclic) bond motifs is 6. The topological polar surface area (TPSA) is 22.1 Å². The van der Waals surface area contributed by atoms with E-state index in [2.05, 4.69) is 56.9 Å². The Morgan fingerprint density at radius 2 is 1.70 bits per heavy atom. The number of nitrogens with zero attached hydrogens (tertiary/aromatic N) is 1. The molecule has 0 amide bonds. The second kappa shape index (κ2) is 8.08. The first-order valence-corrected chi connectivity index (χ1v) is 13.9. The lowest BCUT2D eigenvalue weighted by atomic mass is 9.44. The quantitative estimate of drug-likeness (QED) is 0.475. The molecule has 8 atom stereocenters. The molecule has 0 unspecified atom stereocenters. The fourth-order valence-corrected chi connectivity index (χ4v) is 9.60. The highest BCUT2D eigenvalue weighted by molar-refractivity contribution is 5.82. The van der Waals surface area contributed by atoms with Crippen LogP contribution in [-0.2, 0) is 4.74 Å². The summed E-state index contributed by atoms with van der Waals surface area (Å²) in [4.78, 5) is 4.39. The molecule has 0 spiro atoms. The summed E-state index contributed by atoms with van der Waals surface area (Å²) < 4.78 is 6.30. The van der Waals surface area contributed by atoms with Crippen LogP contribution in [0.1, 0.15) is 97.0 Å². The minimum Gasteiger partial charge on any atom is -0.376 e. The van der Waals surface area contributed by atoms with E-state index in [-0.39, 0.29) is 0 Å². The molecule has 2 heteroatoms. The van der Waals surface area contributed by atoms with Gasteiger partial charge >= 0.3 is 0 Å². The molecule has 1 heterocycles. The highest BCUT2D eigenvalue weighted by Gasteiger charge is 2.60. The molecular formula is C31H43NO. The normalized spacial score (nSPS) is 42.7. The summed E-state index contributed by atoms with van der Waals surface area (Å²) in [6.07, 6.45) is 17.4. The van der Waals surface area contributed by atoms with Gasteiger partial charge in [0, 0.05) is 17.8 Å². The number of hydrogen-bond acceptors (Lipinski definition) is 2. The smallest absolute Gasteiger partial charge is 0.0581 e. The van der Waals surface area contributed by atoms with Gasteiger partial charge in [-0.15, -0.1) is 0 Å². The van der Waals surface area contributed by atoms with Crippen LogP contribution in [0.4, 0.5) is 0 Å². The fourth-order valence-electron chi connectivity index (χ4n) is 9.60. The monoisotopic (exact) mass is 445 g/mol. The van der Waals surface area contributed by atoms with Gasteiger partial charge in [-0.25, -0.2) is 0 Å². The van der Waals surface area contributed by atoms with Crippen LogP contribution in [0.5, 0.6) is 0 Å². The molecule has 0 aliphatic heterocycles. The summed E-state index contributed by atoms with van der Waals surface area (Å²) in [6.45, 7) is 9.76. The van der Waals surface area contributed by atoms with Crippen molar-refractivity contribution < 1.29 is 4.74 Å². The van der Waals surface area contributed by atoms with Crippen molar-refractivity contribution in [1.29, 1.82) is 0 Å². The third kappa shape index (κ3) is 3.49. The molecule has 0 radical (unpaired) electrons. The zero-order valence-corrected chi connectivity index (χ0v) is 21.2. The second-order valence-corrected chi connectivity index (χ2v) is 12.9. The van der Waals surface area contributed by atoms with Gasteiger partial charge in [-0.3, -0.25) is 4.98 Å². The van der Waals surface area contributed by atoms with E-state index in [9.17, 15) is 0 Å². The number of aromatic nitrogens is 1. The van der Waals surface area contributed by atoms with E-state index in [0.717, 1.165) is 23.7 Å². The van der Waals surface area contributed by atoms with Gasteiger partial charge in [0.15, 0.2) is 0 Å². The van der Waals surface area contributed by atoms with Crippen LogP contribution in [0, 0.1) is 34.5 Å². The van der Waals surface area contributed by atoms with Crippen molar-refractivity contribution in [3.05, 3.63) is 42.2 Å². The largest absolute Gasteiger partial charge is 0.376 e. The van der Waals surface area contributed by atoms with Gasteiger partial charge < -0.3 is 4.74 Å². The number of pyridine rings is 1. The molecule has 0 bridgehead atoms. The van der Waals surface area contributed by atoms with Crippen molar-refractivity contribution in [2.75, 3.05) is 0 Å². The summed E-state index contributed by atoms with van der Waals surface area (Å²) in [5.74, 6) is 4.39. The molecule has 2 nitrogen and oxygen atoms in total. The van der Waals surface area contributed by atoms with Crippen LogP contribution in [0.3, 0.4) is 0 Å². The number of ether oxygens (including phenoxy) is 1. The van der Waals surface area contributed by atoms with Gasteiger partial charge in [-0.1, -0.05) is 26.0 Å². The zero-order valence-electron chi connectivity index (χ0n) is 21.2. The molecule has 178 valence electrons. The van der Waals surface area contributed by atoms with Gasteiger partial charge in [-0.2, -0.15) is 0 Å². The standard InChI is InChI=1S/C31H43NO/c1-20(2)33-25-11-14-30(3)24(18-25)7-8-26-28-10-9-27(31(28,4)15-12-29(26)30)22-6-5-21-13-16-32-19-23(21)17-22/h5-6,13,16-17,19-20,24-29H,7-12,14-15,18H2,1-4H3/t24-,25+,26-,27+,28-,29-,30-,31+/m0/s1. The van der Waals surface area contributed by atoms with E-state index in [0.29, 0.717) is 29.0 Å². The van der Waals surface area contributed by atoms with Gasteiger partial charge in [-0.05, 0) is 135 Å². The van der Waals surface area contributed by atoms with Crippen molar-refractivity contribution in [3.63, 3.8) is 0 Å². The maximum absolute atomic E-state index is 6.30. The molecule has 4 saturated carbocycles. The fraction of sp³-hybridized carbons (Fsp3) is 0.710. The Bertz CT molecular complexity index is 1010. The molecule has 4 fully saturated rings. The van der Waals surface area contributed by atoms with Crippen LogP contribution < -0.4 is 0 Å². The third-order valence-electron chi connectivity index (χ3n) is 11.1. The van der Waals surface area contributed by atoms with Gasteiger partial charge in [0.1, 0.15) is 0 Å². The molecular weight excluding hydrogens is 402 g/mol. The minimum absolute atomic E-state index is 0.368. The second-order valence-electron chi connectivity index (χ2n) is 12.9. The molecule has 1 aromatic heterocycles. The highest BCUT2D eigenvalue weighted by atomic mass is 16.5. The predicted molar refractivity (Wildman–Crippen MR) is 136 cm³/mol. The van der Waals surface area contributed by atoms with Gasteiger partial charge in [0.25, 0.3) is 0 Å². The van der Waals surface area contributed by atoms with Crippen molar-refractivity contribution in [1.82, 2.24) is 4.98 Å². The van der Waals surface area contributed by atoms with E-state index in [1.165, 1.54) is 68.6 Å². The van der Waals surface area contributed by atoms with Crippen LogP contribution in [0.2, 0.25) is 0 Å². The van der Waals surface area contributed by atoms with E-state index < -0.39 is 0 Å². The Labute approximate surface area is 200 Å². The predicted octanol–water partition coefficient (Wildman–Crippen LogP) is 8.15. The first kappa shape index (κ1) is 22.1. The van der Waals surface area contributed by atoms with Crippen LogP contribution >= 0.6 is 0 Å². The molecule has 4 aliphatic carbocycles. The summed E-state index contributed by atoms with van der Waals surface area (Å²) in [5.41, 5.74) is 2.59. The average Bonchev–Trinajstić information content (AvgIpc) is 3.16. The Hall–Kier alpha value is -1.41. The van der Waals surface area contributed by atoms with Crippen LogP contribution in [-0.4, -0.2) is 17.2 Å². The van der Waals surface area contributed by atoms with Crippen molar-refractivity contribution >= 4 is 10.8 Å². The molecule has 33 heavy (non-hydrogen) atoms. The number of hydrogen-bond donors (Lipinski definition) is 0. The Morgan fingerprint density at radius 3 is 2.55 bits per heavy atom. The average molecular weight is 446 g/mol. The summed E-state index contributed by atoms with van der Waals surface area (Å²) in [7, 11) is 0. The summed E-state index contributed by atoms with van der Waals surface area (Å²) in [6, 6.07) is 9.37. The molecule has 0 N–H and O–H groups in total. The minimum atomic E-state index is 0.368. The van der Waals surface area contributed by atoms with Gasteiger partial charge in [0.05, 0.1) is 12.2 Å². The zero-order chi connectivity index (χ0) is 22.8. The van der Waals surface area contributed by atoms with Crippen molar-refractivity contribution in [2.24, 2.45) is 34.5 Å². The first-order chi connectivity index (χ1) is 15.9. The summed E-state index contributed by atoms with van der Waals surface area (Å²) in [5, 5.41) is 2.63. The molecule has 1 aromatic carbocycles. The Balaban J connectivity index is 1.24. The molecule has 4 aliphatic rings. The van der Waals surface area contributed by atoms with E-state index >= 15 is 0 Å². The van der Waals surface area contributed by atoms with Gasteiger partial charge in [0.2, 0.25) is 0 Å². The number of benzene rings is 1. The maximum Gasteiger partial charge on any atom is 0.0581 e. The van der Waals surface area contributed by atoms with Crippen molar-refractivity contribution in [2.45, 2.75) is 104 Å². The molecule has 2 aromatic rings. The molecule has 0 saturated heterocycles. The van der Waals surface area contributed by atoms with Crippen LogP contribution in [0.25, 0.3) is 10.8 Å². The Kier molecular flexibility index (Phi) is 5.40. The highest BCUT2D eigenvalue weighted by Crippen LogP contribution is 2.69. The van der Waals surface area contributed by atoms with E-state index in [4.69, 9.17) is 4.74 Å². The molecule has 6 rings (SSSR count). The number of rotatable bonds is 3. The lowest BCUT2D eigenvalue weighted by Crippen LogP contribution is -2.54. The lowest BCUT2D eigenvalue weighted by Gasteiger charge is -2.61. The van der Waals surface area contributed by atoms with Crippen molar-refractivity contribution in [3.8, 4) is 0 Å². The van der Waals surface area contributed by atoms with E-state index in [1.807, 2.05) is 12.4 Å². The third-order valence-corrected chi connectivity index (χ3v) is 11.1. The summed E-state index contributed by atoms with van der Waals surface area (Å²) >= 11 is 0. The maximum atomic E-state index is 6.30. The Morgan fingerprint density at radius 1 is 0.879 bits per heavy atom. The van der Waals surface area contributed by atoms with Crippen LogP contribution in [0.15, 0.2) is 36.7 Å².